The smallest absolute Gasteiger partial charge is 0.251 e. The summed E-state index contributed by atoms with van der Waals surface area (Å²) in [5.74, 6) is 0.580. The molecular weight excluding hydrogens is 334 g/mol. The summed E-state index contributed by atoms with van der Waals surface area (Å²) in [6.45, 7) is 0. The van der Waals surface area contributed by atoms with E-state index in [0.29, 0.717) is 29.8 Å². The summed E-state index contributed by atoms with van der Waals surface area (Å²) < 4.78 is 6.98. The topological polar surface area (TPSA) is 102 Å². The van der Waals surface area contributed by atoms with Gasteiger partial charge >= 0.3 is 0 Å². The highest BCUT2D eigenvalue weighted by Crippen LogP contribution is 2.38. The van der Waals surface area contributed by atoms with Crippen molar-refractivity contribution in [1.29, 1.82) is 0 Å². The number of pyridine rings is 2. The van der Waals surface area contributed by atoms with Crippen molar-refractivity contribution in [2.45, 2.75) is 25.0 Å². The van der Waals surface area contributed by atoms with Gasteiger partial charge in [0.15, 0.2) is 5.65 Å². The summed E-state index contributed by atoms with van der Waals surface area (Å²) >= 11 is 0. The fourth-order valence-electron chi connectivity index (χ4n) is 3.28. The second kappa shape index (κ2) is 6.72. The largest absolute Gasteiger partial charge is 0.495 e. The SMILES string of the molecule is COc1cncc([C@@H](NC(=O)c2ccn3cnnc3c2)C2CC(O)C2)c1. The van der Waals surface area contributed by atoms with E-state index < -0.39 is 0 Å². The number of fused-ring (bicyclic) bond motifs is 1. The molecule has 1 atom stereocenters. The number of rotatable bonds is 5. The summed E-state index contributed by atoms with van der Waals surface area (Å²) in [5, 5.41) is 20.6. The highest BCUT2D eigenvalue weighted by Gasteiger charge is 2.36. The zero-order valence-electron chi connectivity index (χ0n) is 14.2. The fraction of sp³-hybridized carbons (Fsp3) is 0.333. The van der Waals surface area contributed by atoms with Gasteiger partial charge in [-0.1, -0.05) is 0 Å². The highest BCUT2D eigenvalue weighted by molar-refractivity contribution is 5.95. The lowest BCUT2D eigenvalue weighted by atomic mass is 9.75. The second-order valence-electron chi connectivity index (χ2n) is 6.51. The Morgan fingerprint density at radius 1 is 1.38 bits per heavy atom. The minimum absolute atomic E-state index is 0.152. The molecule has 0 bridgehead atoms. The maximum absolute atomic E-state index is 12.8. The number of carbonyl (C=O) groups excluding carboxylic acids is 1. The molecule has 26 heavy (non-hydrogen) atoms. The predicted molar refractivity (Wildman–Crippen MR) is 92.7 cm³/mol. The Morgan fingerprint density at radius 2 is 2.23 bits per heavy atom. The lowest BCUT2D eigenvalue weighted by Crippen LogP contribution is -2.41. The van der Waals surface area contributed by atoms with Crippen molar-refractivity contribution in [1.82, 2.24) is 24.9 Å². The van der Waals surface area contributed by atoms with Gasteiger partial charge in [0.2, 0.25) is 0 Å². The molecule has 1 fully saturated rings. The summed E-state index contributed by atoms with van der Waals surface area (Å²) in [4.78, 5) is 17.0. The summed E-state index contributed by atoms with van der Waals surface area (Å²) in [5.41, 5.74) is 1.97. The number of nitrogens with zero attached hydrogens (tertiary/aromatic N) is 4. The minimum Gasteiger partial charge on any atom is -0.495 e. The molecule has 8 heteroatoms. The van der Waals surface area contributed by atoms with Crippen LogP contribution in [0.5, 0.6) is 5.75 Å². The number of nitrogens with one attached hydrogen (secondary N) is 1. The van der Waals surface area contributed by atoms with E-state index in [1.807, 2.05) is 6.07 Å². The first-order valence-electron chi connectivity index (χ1n) is 8.41. The monoisotopic (exact) mass is 353 g/mol. The van der Waals surface area contributed by atoms with Crippen molar-refractivity contribution in [3.05, 3.63) is 54.2 Å². The average molecular weight is 353 g/mol. The molecule has 3 heterocycles. The standard InChI is InChI=1S/C18H19N5O3/c1-26-15-6-13(8-19-9-15)17(12-4-14(24)5-12)21-18(25)11-2-3-23-10-20-22-16(23)7-11/h2-3,6-10,12,14,17,24H,4-5H2,1H3,(H,21,25)/t12?,14?,17-/m0/s1. The molecule has 0 saturated heterocycles. The number of aliphatic hydroxyl groups excluding tert-OH is 1. The van der Waals surface area contributed by atoms with E-state index in [-0.39, 0.29) is 24.0 Å². The number of aromatic nitrogens is 4. The lowest BCUT2D eigenvalue weighted by molar-refractivity contribution is 0.0234. The molecule has 1 aliphatic rings. The molecule has 1 saturated carbocycles. The molecule has 8 nitrogen and oxygen atoms in total. The van der Waals surface area contributed by atoms with Crippen molar-refractivity contribution in [3.63, 3.8) is 0 Å². The summed E-state index contributed by atoms with van der Waals surface area (Å²) in [6, 6.07) is 5.04. The van der Waals surface area contributed by atoms with Gasteiger partial charge in [-0.2, -0.15) is 0 Å². The van der Waals surface area contributed by atoms with Crippen LogP contribution < -0.4 is 10.1 Å². The van der Waals surface area contributed by atoms with E-state index in [1.54, 1.807) is 48.6 Å². The number of amides is 1. The van der Waals surface area contributed by atoms with E-state index in [4.69, 9.17) is 4.74 Å². The van der Waals surface area contributed by atoms with E-state index >= 15 is 0 Å². The first-order valence-corrected chi connectivity index (χ1v) is 8.41. The van der Waals surface area contributed by atoms with Crippen molar-refractivity contribution in [2.24, 2.45) is 5.92 Å². The van der Waals surface area contributed by atoms with Gasteiger partial charge in [-0.15, -0.1) is 10.2 Å². The van der Waals surface area contributed by atoms with Crippen LogP contribution in [0.15, 0.2) is 43.1 Å². The van der Waals surface area contributed by atoms with Crippen LogP contribution in [-0.4, -0.2) is 43.8 Å². The maximum atomic E-state index is 12.8. The molecule has 2 N–H and O–H groups in total. The molecule has 0 aliphatic heterocycles. The summed E-state index contributed by atoms with van der Waals surface area (Å²) in [7, 11) is 1.58. The lowest BCUT2D eigenvalue weighted by Gasteiger charge is -2.38. The van der Waals surface area contributed by atoms with E-state index in [0.717, 1.165) is 5.56 Å². The number of hydrogen-bond donors (Lipinski definition) is 2. The predicted octanol–water partition coefficient (Wildman–Crippen LogP) is 1.37. The van der Waals surface area contributed by atoms with Gasteiger partial charge in [-0.3, -0.25) is 14.2 Å². The van der Waals surface area contributed by atoms with Crippen LogP contribution in [0.25, 0.3) is 5.65 Å². The van der Waals surface area contributed by atoms with Gasteiger partial charge in [-0.05, 0) is 42.5 Å². The summed E-state index contributed by atoms with van der Waals surface area (Å²) in [6.07, 6.45) is 7.65. The van der Waals surface area contributed by atoms with Crippen LogP contribution in [0.3, 0.4) is 0 Å². The third-order valence-corrected chi connectivity index (χ3v) is 4.80. The number of aliphatic hydroxyl groups is 1. The van der Waals surface area contributed by atoms with Gasteiger partial charge in [0, 0.05) is 18.0 Å². The molecule has 3 aromatic rings. The van der Waals surface area contributed by atoms with Crippen molar-refractivity contribution >= 4 is 11.6 Å². The van der Waals surface area contributed by atoms with Crippen molar-refractivity contribution in [2.75, 3.05) is 7.11 Å². The van der Waals surface area contributed by atoms with Gasteiger partial charge in [0.25, 0.3) is 5.91 Å². The first kappa shape index (κ1) is 16.5. The Balaban J connectivity index is 1.60. The van der Waals surface area contributed by atoms with Crippen LogP contribution in [0.2, 0.25) is 0 Å². The Labute approximate surface area is 149 Å². The fourth-order valence-corrected chi connectivity index (χ4v) is 3.28. The Hall–Kier alpha value is -3.00. The van der Waals surface area contributed by atoms with Crippen molar-refractivity contribution in [3.8, 4) is 5.75 Å². The zero-order chi connectivity index (χ0) is 18.1. The van der Waals surface area contributed by atoms with Crippen LogP contribution in [0.1, 0.15) is 34.8 Å². The van der Waals surface area contributed by atoms with Gasteiger partial charge in [-0.25, -0.2) is 0 Å². The highest BCUT2D eigenvalue weighted by atomic mass is 16.5. The molecule has 3 aromatic heterocycles. The second-order valence-corrected chi connectivity index (χ2v) is 6.51. The zero-order valence-corrected chi connectivity index (χ0v) is 14.2. The molecule has 1 aliphatic carbocycles. The quantitative estimate of drug-likeness (QED) is 0.718. The number of hydrogen-bond acceptors (Lipinski definition) is 6. The molecule has 1 amide bonds. The molecule has 0 radical (unpaired) electrons. The van der Waals surface area contributed by atoms with Crippen LogP contribution in [-0.2, 0) is 0 Å². The number of methoxy groups -OCH3 is 1. The third-order valence-electron chi connectivity index (χ3n) is 4.80. The molecule has 0 unspecified atom stereocenters. The normalized spacial score (nSPS) is 20.4. The van der Waals surface area contributed by atoms with E-state index in [9.17, 15) is 9.90 Å². The Bertz CT molecular complexity index is 935. The average Bonchev–Trinajstić information content (AvgIpc) is 3.11. The molecular formula is C18H19N5O3. The van der Waals surface area contributed by atoms with Gasteiger partial charge in [0.1, 0.15) is 12.1 Å². The van der Waals surface area contributed by atoms with E-state index in [2.05, 4.69) is 20.5 Å². The molecule has 4 rings (SSSR count). The minimum atomic E-state index is -0.315. The first-order chi connectivity index (χ1) is 12.6. The third kappa shape index (κ3) is 3.11. The molecule has 0 aromatic carbocycles. The molecule has 0 spiro atoms. The molecule has 134 valence electrons. The van der Waals surface area contributed by atoms with Crippen LogP contribution >= 0.6 is 0 Å². The van der Waals surface area contributed by atoms with Crippen LogP contribution in [0.4, 0.5) is 0 Å². The maximum Gasteiger partial charge on any atom is 0.251 e. The van der Waals surface area contributed by atoms with Crippen molar-refractivity contribution < 1.29 is 14.6 Å². The number of carbonyl (C=O) groups is 1. The van der Waals surface area contributed by atoms with Gasteiger partial charge < -0.3 is 15.2 Å². The van der Waals surface area contributed by atoms with E-state index in [1.165, 1.54) is 0 Å². The number of ether oxygens (including phenoxy) is 1. The van der Waals surface area contributed by atoms with Crippen LogP contribution in [0, 0.1) is 5.92 Å². The van der Waals surface area contributed by atoms with Gasteiger partial charge in [0.05, 0.1) is 25.5 Å². The Kier molecular flexibility index (Phi) is 4.26. The Morgan fingerprint density at radius 3 is 3.00 bits per heavy atom.